The molecule has 0 amide bonds. The van der Waals surface area contributed by atoms with Gasteiger partial charge in [0, 0.05) is 51.6 Å². The SMILES string of the molecule is CCC1CCC(=O)C(CN2CCN(CCO)CC2)C1. The van der Waals surface area contributed by atoms with Gasteiger partial charge in [-0.2, -0.15) is 0 Å². The molecule has 2 unspecified atom stereocenters. The van der Waals surface area contributed by atoms with Gasteiger partial charge in [0.05, 0.1) is 6.61 Å². The third kappa shape index (κ3) is 4.26. The van der Waals surface area contributed by atoms with Crippen LogP contribution in [0.5, 0.6) is 0 Å². The maximum atomic E-state index is 12.0. The Kier molecular flexibility index (Phi) is 5.79. The zero-order chi connectivity index (χ0) is 13.7. The smallest absolute Gasteiger partial charge is 0.137 e. The van der Waals surface area contributed by atoms with Crippen LogP contribution < -0.4 is 0 Å². The average Bonchev–Trinajstić information content (AvgIpc) is 2.44. The molecular formula is C15H28N2O2. The number of carbonyl (C=O) groups is 1. The zero-order valence-electron chi connectivity index (χ0n) is 12.2. The third-order valence-corrected chi connectivity index (χ3v) is 4.81. The Balaban J connectivity index is 1.76. The molecule has 0 aromatic rings. The standard InChI is InChI=1S/C15H28N2O2/c1-2-13-3-4-15(19)14(11-13)12-17-7-5-16(6-8-17)9-10-18/h13-14,18H,2-12H2,1H3. The molecule has 0 aromatic carbocycles. The largest absolute Gasteiger partial charge is 0.395 e. The molecule has 1 aliphatic carbocycles. The van der Waals surface area contributed by atoms with Gasteiger partial charge in [-0.15, -0.1) is 0 Å². The summed E-state index contributed by atoms with van der Waals surface area (Å²) in [7, 11) is 0. The molecule has 110 valence electrons. The van der Waals surface area contributed by atoms with Gasteiger partial charge in [0.2, 0.25) is 0 Å². The van der Waals surface area contributed by atoms with Crippen LogP contribution in [-0.2, 0) is 4.79 Å². The van der Waals surface area contributed by atoms with E-state index < -0.39 is 0 Å². The Morgan fingerprint density at radius 2 is 1.89 bits per heavy atom. The van der Waals surface area contributed by atoms with Crippen LogP contribution >= 0.6 is 0 Å². The van der Waals surface area contributed by atoms with E-state index in [1.807, 2.05) is 0 Å². The summed E-state index contributed by atoms with van der Waals surface area (Å²) in [6, 6.07) is 0. The number of nitrogens with zero attached hydrogens (tertiary/aromatic N) is 2. The van der Waals surface area contributed by atoms with E-state index in [0.717, 1.165) is 64.4 Å². The molecule has 4 heteroatoms. The lowest BCUT2D eigenvalue weighted by atomic mass is 9.79. The highest BCUT2D eigenvalue weighted by molar-refractivity contribution is 5.81. The van der Waals surface area contributed by atoms with Gasteiger partial charge < -0.3 is 10.0 Å². The molecule has 0 bridgehead atoms. The zero-order valence-corrected chi connectivity index (χ0v) is 12.2. The number of β-amino-alcohol motifs (C(OH)–C–C–N with tert-alkyl or cyclic N) is 1. The van der Waals surface area contributed by atoms with Crippen molar-refractivity contribution < 1.29 is 9.90 Å². The first-order chi connectivity index (χ1) is 9.22. The molecule has 1 N–H and O–H groups in total. The predicted molar refractivity (Wildman–Crippen MR) is 76.1 cm³/mol. The van der Waals surface area contributed by atoms with Gasteiger partial charge in [0.15, 0.2) is 0 Å². The molecule has 0 aromatic heterocycles. The number of piperazine rings is 1. The van der Waals surface area contributed by atoms with E-state index in [2.05, 4.69) is 16.7 Å². The Morgan fingerprint density at radius 1 is 1.21 bits per heavy atom. The van der Waals surface area contributed by atoms with Gasteiger partial charge in [-0.1, -0.05) is 13.3 Å². The number of hydrogen-bond donors (Lipinski definition) is 1. The number of ketones is 1. The van der Waals surface area contributed by atoms with E-state index in [-0.39, 0.29) is 12.5 Å². The van der Waals surface area contributed by atoms with Gasteiger partial charge in [-0.05, 0) is 18.8 Å². The van der Waals surface area contributed by atoms with Crippen LogP contribution in [0, 0.1) is 11.8 Å². The van der Waals surface area contributed by atoms with Gasteiger partial charge in [0.1, 0.15) is 5.78 Å². The van der Waals surface area contributed by atoms with Crippen LogP contribution in [0.4, 0.5) is 0 Å². The fourth-order valence-electron chi connectivity index (χ4n) is 3.40. The molecule has 1 aliphatic heterocycles. The molecule has 1 saturated carbocycles. The lowest BCUT2D eigenvalue weighted by Crippen LogP contribution is -2.49. The average molecular weight is 268 g/mol. The first-order valence-electron chi connectivity index (χ1n) is 7.81. The lowest BCUT2D eigenvalue weighted by molar-refractivity contribution is -0.126. The van der Waals surface area contributed by atoms with Crippen molar-refractivity contribution in [2.45, 2.75) is 32.6 Å². The molecule has 1 saturated heterocycles. The van der Waals surface area contributed by atoms with Crippen molar-refractivity contribution in [3.63, 3.8) is 0 Å². The Bertz CT molecular complexity index is 288. The molecule has 0 spiro atoms. The third-order valence-electron chi connectivity index (χ3n) is 4.81. The van der Waals surface area contributed by atoms with E-state index in [4.69, 9.17) is 5.11 Å². The molecular weight excluding hydrogens is 240 g/mol. The van der Waals surface area contributed by atoms with Crippen LogP contribution in [-0.4, -0.2) is 66.6 Å². The summed E-state index contributed by atoms with van der Waals surface area (Å²) in [4.78, 5) is 16.8. The maximum absolute atomic E-state index is 12.0. The van der Waals surface area contributed by atoms with Crippen LogP contribution in [0.25, 0.3) is 0 Å². The molecule has 2 rings (SSSR count). The van der Waals surface area contributed by atoms with Gasteiger partial charge in [-0.25, -0.2) is 0 Å². The maximum Gasteiger partial charge on any atom is 0.137 e. The predicted octanol–water partition coefficient (Wildman–Crippen LogP) is 0.992. The second-order valence-electron chi connectivity index (χ2n) is 6.08. The van der Waals surface area contributed by atoms with Crippen molar-refractivity contribution in [2.75, 3.05) is 45.9 Å². The highest BCUT2D eigenvalue weighted by atomic mass is 16.3. The summed E-state index contributed by atoms with van der Waals surface area (Å²) in [5, 5.41) is 8.94. The second-order valence-corrected chi connectivity index (χ2v) is 6.08. The van der Waals surface area contributed by atoms with E-state index in [1.54, 1.807) is 0 Å². The molecule has 19 heavy (non-hydrogen) atoms. The molecule has 1 heterocycles. The van der Waals surface area contributed by atoms with Crippen molar-refractivity contribution in [3.8, 4) is 0 Å². The highest BCUT2D eigenvalue weighted by Gasteiger charge is 2.30. The van der Waals surface area contributed by atoms with Gasteiger partial charge >= 0.3 is 0 Å². The summed E-state index contributed by atoms with van der Waals surface area (Å²) >= 11 is 0. The summed E-state index contributed by atoms with van der Waals surface area (Å²) in [5.74, 6) is 1.53. The summed E-state index contributed by atoms with van der Waals surface area (Å²) < 4.78 is 0. The Hall–Kier alpha value is -0.450. The molecule has 4 nitrogen and oxygen atoms in total. The number of rotatable bonds is 5. The topological polar surface area (TPSA) is 43.8 Å². The first-order valence-corrected chi connectivity index (χ1v) is 7.81. The van der Waals surface area contributed by atoms with E-state index in [0.29, 0.717) is 5.78 Å². The number of aliphatic hydroxyl groups excluding tert-OH is 1. The van der Waals surface area contributed by atoms with E-state index in [1.165, 1.54) is 6.42 Å². The van der Waals surface area contributed by atoms with Crippen molar-refractivity contribution >= 4 is 5.78 Å². The number of carbonyl (C=O) groups excluding carboxylic acids is 1. The number of Topliss-reactive ketones (excluding diaryl/α,β-unsaturated/α-hetero) is 1. The van der Waals surface area contributed by atoms with Crippen LogP contribution in [0.15, 0.2) is 0 Å². The van der Waals surface area contributed by atoms with Crippen LogP contribution in [0.3, 0.4) is 0 Å². The minimum atomic E-state index is 0.249. The molecule has 0 radical (unpaired) electrons. The Labute approximate surface area is 116 Å². The minimum absolute atomic E-state index is 0.249. The first kappa shape index (κ1) is 14.9. The Morgan fingerprint density at radius 3 is 2.53 bits per heavy atom. The van der Waals surface area contributed by atoms with Gasteiger partial charge in [0.25, 0.3) is 0 Å². The number of hydrogen-bond acceptors (Lipinski definition) is 4. The molecule has 2 fully saturated rings. The monoisotopic (exact) mass is 268 g/mol. The normalized spacial score (nSPS) is 30.7. The second kappa shape index (κ2) is 7.36. The van der Waals surface area contributed by atoms with Crippen LogP contribution in [0.2, 0.25) is 0 Å². The van der Waals surface area contributed by atoms with Gasteiger partial charge in [-0.3, -0.25) is 9.69 Å². The van der Waals surface area contributed by atoms with Crippen molar-refractivity contribution in [2.24, 2.45) is 11.8 Å². The summed E-state index contributed by atoms with van der Waals surface area (Å²) in [5.41, 5.74) is 0. The minimum Gasteiger partial charge on any atom is -0.395 e. The van der Waals surface area contributed by atoms with Crippen molar-refractivity contribution in [3.05, 3.63) is 0 Å². The fraction of sp³-hybridized carbons (Fsp3) is 0.933. The summed E-state index contributed by atoms with van der Waals surface area (Å²) in [6.45, 7) is 8.37. The van der Waals surface area contributed by atoms with Crippen LogP contribution in [0.1, 0.15) is 32.6 Å². The molecule has 2 aliphatic rings. The molecule has 2 atom stereocenters. The van der Waals surface area contributed by atoms with E-state index in [9.17, 15) is 4.79 Å². The van der Waals surface area contributed by atoms with E-state index >= 15 is 0 Å². The van der Waals surface area contributed by atoms with Crippen molar-refractivity contribution in [1.82, 2.24) is 9.80 Å². The number of aliphatic hydroxyl groups is 1. The lowest BCUT2D eigenvalue weighted by Gasteiger charge is -2.37. The fourth-order valence-corrected chi connectivity index (χ4v) is 3.40. The highest BCUT2D eigenvalue weighted by Crippen LogP contribution is 2.29. The van der Waals surface area contributed by atoms with Crippen molar-refractivity contribution in [1.29, 1.82) is 0 Å². The quantitative estimate of drug-likeness (QED) is 0.807. The summed E-state index contributed by atoms with van der Waals surface area (Å²) in [6.07, 6.45) is 4.23.